The van der Waals surface area contributed by atoms with Crippen LogP contribution in [0.2, 0.25) is 0 Å². The van der Waals surface area contributed by atoms with Crippen molar-refractivity contribution in [3.63, 3.8) is 0 Å². The Kier molecular flexibility index (Phi) is 6.86. The highest BCUT2D eigenvalue weighted by Gasteiger charge is 2.76. The average molecular weight is 378 g/mol. The molecule has 0 fully saturated rings. The normalized spacial score (nSPS) is 17.1. The Hall–Kier alpha value is -0.790. The van der Waals surface area contributed by atoms with Crippen LogP contribution in [0.5, 0.6) is 0 Å². The van der Waals surface area contributed by atoms with Crippen LogP contribution in [-0.2, 0) is 4.79 Å². The molecule has 0 aliphatic heterocycles. The van der Waals surface area contributed by atoms with Gasteiger partial charge in [0.05, 0.1) is 0 Å². The van der Waals surface area contributed by atoms with E-state index in [1.165, 1.54) is 0 Å². The second-order valence-electron chi connectivity index (χ2n) is 8.36. The van der Waals surface area contributed by atoms with Gasteiger partial charge >= 0.3 is 12.4 Å². The number of hydrogen-bond acceptors (Lipinski definition) is 2. The lowest BCUT2D eigenvalue weighted by Crippen LogP contribution is -2.66. The van der Waals surface area contributed by atoms with Crippen LogP contribution < -0.4 is 0 Å². The molecule has 2 nitrogen and oxygen atoms in total. The van der Waals surface area contributed by atoms with Crippen molar-refractivity contribution in [3.05, 3.63) is 0 Å². The lowest BCUT2D eigenvalue weighted by atomic mass is 9.63. The minimum Gasteiger partial charge on any atom is -0.373 e. The zero-order valence-corrected chi connectivity index (χ0v) is 15.7. The van der Waals surface area contributed by atoms with Gasteiger partial charge in [0.25, 0.3) is 5.60 Å². The van der Waals surface area contributed by atoms with Crippen LogP contribution >= 0.6 is 0 Å². The molecule has 0 amide bonds. The molecule has 0 saturated heterocycles. The van der Waals surface area contributed by atoms with E-state index in [4.69, 9.17) is 0 Å². The van der Waals surface area contributed by atoms with Crippen LogP contribution in [0.4, 0.5) is 26.3 Å². The fourth-order valence-corrected chi connectivity index (χ4v) is 3.18. The number of carbonyl (C=O) groups excluding carboxylic acids is 1. The van der Waals surface area contributed by atoms with E-state index in [9.17, 15) is 36.2 Å². The molecular formula is C17H28F6O2. The second-order valence-corrected chi connectivity index (χ2v) is 8.36. The fourth-order valence-electron chi connectivity index (χ4n) is 3.18. The van der Waals surface area contributed by atoms with Gasteiger partial charge < -0.3 is 5.11 Å². The number of ketones is 1. The monoisotopic (exact) mass is 378 g/mol. The summed E-state index contributed by atoms with van der Waals surface area (Å²) in [5, 5.41) is 9.64. The van der Waals surface area contributed by atoms with Crippen LogP contribution in [0.3, 0.4) is 0 Å². The summed E-state index contributed by atoms with van der Waals surface area (Å²) in [5.41, 5.74) is -8.82. The molecule has 0 spiro atoms. The van der Waals surface area contributed by atoms with Crippen molar-refractivity contribution in [2.24, 2.45) is 22.7 Å². The molecule has 0 aromatic heterocycles. The first-order chi connectivity index (χ1) is 10.7. The van der Waals surface area contributed by atoms with Crippen molar-refractivity contribution in [2.75, 3.05) is 0 Å². The standard InChI is InChI=1S/C17H28F6O2/c1-10(2)8-14(7,11(3)4)12(24)9-13(5,6)15(25,16(18,19)20)17(21,22)23/h10-11,25H,8-9H2,1-7H3. The van der Waals surface area contributed by atoms with E-state index in [0.717, 1.165) is 0 Å². The first-order valence-corrected chi connectivity index (χ1v) is 8.13. The number of carbonyl (C=O) groups is 1. The molecular weight excluding hydrogens is 350 g/mol. The lowest BCUT2D eigenvalue weighted by Gasteiger charge is -2.45. The molecule has 0 aromatic rings. The highest BCUT2D eigenvalue weighted by Crippen LogP contribution is 2.55. The second kappa shape index (κ2) is 7.08. The van der Waals surface area contributed by atoms with E-state index >= 15 is 0 Å². The average Bonchev–Trinajstić information content (AvgIpc) is 2.32. The molecule has 1 N–H and O–H groups in total. The number of Topliss-reactive ketones (excluding diaryl/α,β-unsaturated/α-hetero) is 1. The molecule has 0 aliphatic rings. The predicted molar refractivity (Wildman–Crippen MR) is 82.9 cm³/mol. The van der Waals surface area contributed by atoms with Crippen LogP contribution in [0, 0.1) is 22.7 Å². The van der Waals surface area contributed by atoms with Crippen LogP contribution in [0.25, 0.3) is 0 Å². The molecule has 0 aliphatic carbocycles. The predicted octanol–water partition coefficient (Wildman–Crippen LogP) is 5.54. The van der Waals surface area contributed by atoms with Gasteiger partial charge in [-0.15, -0.1) is 0 Å². The molecule has 8 heteroatoms. The number of alkyl halides is 6. The number of rotatable bonds is 7. The van der Waals surface area contributed by atoms with Crippen molar-refractivity contribution in [1.82, 2.24) is 0 Å². The third kappa shape index (κ3) is 4.49. The molecule has 0 saturated carbocycles. The minimum absolute atomic E-state index is 0.0311. The molecule has 0 aromatic carbocycles. The van der Waals surface area contributed by atoms with Gasteiger partial charge in [-0.1, -0.05) is 48.5 Å². The Morgan fingerprint density at radius 2 is 1.24 bits per heavy atom. The Morgan fingerprint density at radius 3 is 1.48 bits per heavy atom. The zero-order chi connectivity index (χ0) is 20.6. The van der Waals surface area contributed by atoms with Gasteiger partial charge in [-0.25, -0.2) is 0 Å². The quantitative estimate of drug-likeness (QED) is 0.591. The molecule has 0 rings (SSSR count). The third-order valence-corrected chi connectivity index (χ3v) is 5.15. The molecule has 1 unspecified atom stereocenters. The maximum absolute atomic E-state index is 13.1. The van der Waals surface area contributed by atoms with Gasteiger partial charge in [0.15, 0.2) is 0 Å². The summed E-state index contributed by atoms with van der Waals surface area (Å²) in [6.45, 7) is 9.85. The summed E-state index contributed by atoms with van der Waals surface area (Å²) >= 11 is 0. The fraction of sp³-hybridized carbons (Fsp3) is 0.941. The van der Waals surface area contributed by atoms with Crippen molar-refractivity contribution in [3.8, 4) is 0 Å². The van der Waals surface area contributed by atoms with Gasteiger partial charge in [0.2, 0.25) is 0 Å². The van der Waals surface area contributed by atoms with Gasteiger partial charge in [-0.05, 0) is 18.3 Å². The summed E-state index contributed by atoms with van der Waals surface area (Å²) in [4.78, 5) is 12.7. The van der Waals surface area contributed by atoms with Gasteiger partial charge in [-0.2, -0.15) is 26.3 Å². The van der Waals surface area contributed by atoms with E-state index < -0.39 is 41.0 Å². The number of aliphatic hydroxyl groups is 1. The van der Waals surface area contributed by atoms with E-state index in [0.29, 0.717) is 20.3 Å². The number of hydrogen-bond donors (Lipinski definition) is 1. The van der Waals surface area contributed by atoms with Crippen LogP contribution in [0.15, 0.2) is 0 Å². The topological polar surface area (TPSA) is 37.3 Å². The van der Waals surface area contributed by atoms with E-state index in [1.807, 2.05) is 13.8 Å². The number of halogens is 6. The smallest absolute Gasteiger partial charge is 0.373 e. The Bertz CT molecular complexity index is 463. The largest absolute Gasteiger partial charge is 0.426 e. The summed E-state index contributed by atoms with van der Waals surface area (Å²) in [7, 11) is 0. The molecule has 0 radical (unpaired) electrons. The molecule has 1 atom stereocenters. The lowest BCUT2D eigenvalue weighted by molar-refractivity contribution is -0.399. The molecule has 25 heavy (non-hydrogen) atoms. The van der Waals surface area contributed by atoms with Crippen LogP contribution in [-0.4, -0.2) is 28.8 Å². The summed E-state index contributed by atoms with van der Waals surface area (Å²) in [6, 6.07) is 0. The summed E-state index contributed by atoms with van der Waals surface area (Å²) in [6.07, 6.45) is -12.6. The van der Waals surface area contributed by atoms with Crippen LogP contribution in [0.1, 0.15) is 61.3 Å². The van der Waals surface area contributed by atoms with E-state index in [-0.39, 0.29) is 11.8 Å². The molecule has 150 valence electrons. The maximum atomic E-state index is 13.1. The third-order valence-electron chi connectivity index (χ3n) is 5.15. The summed E-state index contributed by atoms with van der Waals surface area (Å²) < 4.78 is 78.8. The van der Waals surface area contributed by atoms with Crippen molar-refractivity contribution in [1.29, 1.82) is 0 Å². The maximum Gasteiger partial charge on any atom is 0.426 e. The Morgan fingerprint density at radius 1 is 0.880 bits per heavy atom. The first-order valence-electron chi connectivity index (χ1n) is 8.13. The SMILES string of the molecule is CC(C)CC(C)(C(=O)CC(C)(C)C(O)(C(F)(F)F)C(F)(F)F)C(C)C. The Balaban J connectivity index is 5.99. The summed E-state index contributed by atoms with van der Waals surface area (Å²) in [5.74, 6) is -0.959. The van der Waals surface area contributed by atoms with Gasteiger partial charge in [0, 0.05) is 17.3 Å². The van der Waals surface area contributed by atoms with Crippen molar-refractivity contribution in [2.45, 2.75) is 79.3 Å². The Labute approximate surface area is 145 Å². The van der Waals surface area contributed by atoms with Crippen molar-refractivity contribution < 1.29 is 36.2 Å². The van der Waals surface area contributed by atoms with E-state index in [1.54, 1.807) is 20.8 Å². The molecule has 0 bridgehead atoms. The zero-order valence-electron chi connectivity index (χ0n) is 15.7. The van der Waals surface area contributed by atoms with E-state index in [2.05, 4.69) is 0 Å². The first kappa shape index (κ1) is 24.2. The van der Waals surface area contributed by atoms with Gasteiger partial charge in [0.1, 0.15) is 5.78 Å². The van der Waals surface area contributed by atoms with Crippen molar-refractivity contribution >= 4 is 5.78 Å². The molecule has 0 heterocycles. The van der Waals surface area contributed by atoms with Gasteiger partial charge in [-0.3, -0.25) is 4.79 Å². The highest BCUT2D eigenvalue weighted by molar-refractivity contribution is 5.85. The minimum atomic E-state index is -5.96. The highest BCUT2D eigenvalue weighted by atomic mass is 19.4.